The van der Waals surface area contributed by atoms with E-state index in [0.717, 1.165) is 5.56 Å². The van der Waals surface area contributed by atoms with Crippen molar-refractivity contribution in [1.29, 1.82) is 0 Å². The van der Waals surface area contributed by atoms with E-state index in [0.29, 0.717) is 5.52 Å². The highest BCUT2D eigenvalue weighted by atomic mass is 16.5. The van der Waals surface area contributed by atoms with Crippen LogP contribution in [0.4, 0.5) is 5.95 Å². The molecule has 0 aliphatic heterocycles. The Kier molecular flexibility index (Phi) is 3.57. The summed E-state index contributed by atoms with van der Waals surface area (Å²) >= 11 is 0. The molecule has 112 valence electrons. The molecule has 1 amide bonds. The van der Waals surface area contributed by atoms with Gasteiger partial charge in [0, 0.05) is 6.92 Å². The number of carbonyl (C=O) groups is 1. The lowest BCUT2D eigenvalue weighted by molar-refractivity contribution is -0.114. The van der Waals surface area contributed by atoms with Gasteiger partial charge in [-0.05, 0) is 5.56 Å². The van der Waals surface area contributed by atoms with Crippen LogP contribution in [0.2, 0.25) is 0 Å². The molecule has 0 fully saturated rings. The van der Waals surface area contributed by atoms with Crippen LogP contribution in [-0.2, 0) is 11.4 Å². The molecule has 0 atom stereocenters. The van der Waals surface area contributed by atoms with Crippen molar-refractivity contribution >= 4 is 23.0 Å². The molecule has 2 heterocycles. The number of carbonyl (C=O) groups excluding carboxylic acids is 1. The molecule has 8 heteroatoms. The molecule has 0 bridgehead atoms. The number of H-pyrrole nitrogens is 2. The second-order valence-corrected chi connectivity index (χ2v) is 4.61. The number of aromatic nitrogens is 4. The number of imidazole rings is 1. The summed E-state index contributed by atoms with van der Waals surface area (Å²) in [7, 11) is 0. The fourth-order valence-corrected chi connectivity index (χ4v) is 1.94. The first-order chi connectivity index (χ1) is 10.6. The van der Waals surface area contributed by atoms with Crippen molar-refractivity contribution in [2.45, 2.75) is 13.5 Å². The van der Waals surface area contributed by atoms with Gasteiger partial charge in [0.2, 0.25) is 17.7 Å². The highest BCUT2D eigenvalue weighted by molar-refractivity contribution is 5.88. The Morgan fingerprint density at radius 2 is 2.00 bits per heavy atom. The number of hydrogen-bond acceptors (Lipinski definition) is 5. The molecule has 0 saturated carbocycles. The van der Waals surface area contributed by atoms with E-state index in [-0.39, 0.29) is 30.0 Å². The highest BCUT2D eigenvalue weighted by Gasteiger charge is 2.13. The van der Waals surface area contributed by atoms with Gasteiger partial charge in [0.15, 0.2) is 5.65 Å². The molecule has 0 aliphatic carbocycles. The Labute approximate surface area is 124 Å². The maximum Gasteiger partial charge on any atom is 0.325 e. The van der Waals surface area contributed by atoms with E-state index in [9.17, 15) is 9.59 Å². The van der Waals surface area contributed by atoms with Crippen LogP contribution in [-0.4, -0.2) is 25.8 Å². The minimum atomic E-state index is -0.422. The van der Waals surface area contributed by atoms with E-state index in [1.807, 2.05) is 30.3 Å². The summed E-state index contributed by atoms with van der Waals surface area (Å²) in [5, 5.41) is 2.47. The summed E-state index contributed by atoms with van der Waals surface area (Å²) in [5.74, 6) is -0.0551. The number of amides is 1. The topological polar surface area (TPSA) is 113 Å². The van der Waals surface area contributed by atoms with Crippen LogP contribution < -0.4 is 15.7 Å². The van der Waals surface area contributed by atoms with Crippen molar-refractivity contribution in [3.63, 3.8) is 0 Å². The molecule has 0 unspecified atom stereocenters. The van der Waals surface area contributed by atoms with Crippen molar-refractivity contribution < 1.29 is 9.53 Å². The molecule has 0 aliphatic rings. The molecule has 3 aromatic rings. The van der Waals surface area contributed by atoms with Gasteiger partial charge < -0.3 is 4.74 Å². The molecular weight excluding hydrogens is 286 g/mol. The zero-order chi connectivity index (χ0) is 15.5. The molecular formula is C14H13N5O3. The quantitative estimate of drug-likeness (QED) is 0.669. The fourth-order valence-electron chi connectivity index (χ4n) is 1.94. The van der Waals surface area contributed by atoms with Crippen LogP contribution in [0.3, 0.4) is 0 Å². The maximum absolute atomic E-state index is 11.4. The zero-order valence-corrected chi connectivity index (χ0v) is 11.7. The second-order valence-electron chi connectivity index (χ2n) is 4.61. The summed E-state index contributed by atoms with van der Waals surface area (Å²) in [6.07, 6.45) is 0. The number of benzene rings is 1. The first-order valence-electron chi connectivity index (χ1n) is 6.56. The standard InChI is InChI=1S/C14H13N5O3/c1-8(20)15-13-17-11-10(16-14(21)18-11)12(19-13)22-7-9-5-3-2-4-6-9/h2-6H,7H2,1H3,(H3,15,16,17,18,19,20,21). The first-order valence-corrected chi connectivity index (χ1v) is 6.56. The SMILES string of the molecule is CC(=O)Nc1nc(OCc2ccccc2)c2[nH]c(=O)[nH]c2n1. The van der Waals surface area contributed by atoms with E-state index in [1.165, 1.54) is 6.92 Å². The third-order valence-electron chi connectivity index (χ3n) is 2.85. The lowest BCUT2D eigenvalue weighted by atomic mass is 10.2. The second kappa shape index (κ2) is 5.68. The van der Waals surface area contributed by atoms with Gasteiger partial charge in [-0.15, -0.1) is 0 Å². The van der Waals surface area contributed by atoms with Crippen molar-refractivity contribution in [2.75, 3.05) is 5.32 Å². The van der Waals surface area contributed by atoms with Crippen LogP contribution in [0, 0.1) is 0 Å². The van der Waals surface area contributed by atoms with Crippen LogP contribution in [0.15, 0.2) is 35.1 Å². The number of aromatic amines is 2. The number of fused-ring (bicyclic) bond motifs is 1. The third-order valence-corrected chi connectivity index (χ3v) is 2.85. The Morgan fingerprint density at radius 1 is 1.23 bits per heavy atom. The Morgan fingerprint density at radius 3 is 2.73 bits per heavy atom. The van der Waals surface area contributed by atoms with Crippen LogP contribution in [0.1, 0.15) is 12.5 Å². The van der Waals surface area contributed by atoms with Gasteiger partial charge in [0.05, 0.1) is 0 Å². The molecule has 0 saturated heterocycles. The maximum atomic E-state index is 11.4. The van der Waals surface area contributed by atoms with Gasteiger partial charge in [-0.3, -0.25) is 20.1 Å². The average molecular weight is 299 g/mol. The van der Waals surface area contributed by atoms with Crippen molar-refractivity contribution in [2.24, 2.45) is 0 Å². The molecule has 0 radical (unpaired) electrons. The van der Waals surface area contributed by atoms with Gasteiger partial charge in [-0.1, -0.05) is 30.3 Å². The number of anilines is 1. The van der Waals surface area contributed by atoms with Gasteiger partial charge in [-0.2, -0.15) is 9.97 Å². The zero-order valence-electron chi connectivity index (χ0n) is 11.7. The summed E-state index contributed by atoms with van der Waals surface area (Å²) in [6, 6.07) is 9.52. The average Bonchev–Trinajstić information content (AvgIpc) is 2.85. The third kappa shape index (κ3) is 2.95. The smallest absolute Gasteiger partial charge is 0.325 e. The summed E-state index contributed by atoms with van der Waals surface area (Å²) < 4.78 is 5.65. The van der Waals surface area contributed by atoms with Gasteiger partial charge in [0.25, 0.3) is 0 Å². The van der Waals surface area contributed by atoms with Gasteiger partial charge in [0.1, 0.15) is 12.1 Å². The molecule has 22 heavy (non-hydrogen) atoms. The van der Waals surface area contributed by atoms with E-state index < -0.39 is 5.69 Å². The van der Waals surface area contributed by atoms with E-state index >= 15 is 0 Å². The Bertz CT molecular complexity index is 869. The summed E-state index contributed by atoms with van der Waals surface area (Å²) in [6.45, 7) is 1.62. The fraction of sp³-hybridized carbons (Fsp3) is 0.143. The molecule has 0 spiro atoms. The normalized spacial score (nSPS) is 10.6. The Balaban J connectivity index is 1.95. The molecule has 3 rings (SSSR count). The van der Waals surface area contributed by atoms with Crippen molar-refractivity contribution in [1.82, 2.24) is 19.9 Å². The van der Waals surface area contributed by atoms with Crippen molar-refractivity contribution in [3.05, 3.63) is 46.4 Å². The minimum absolute atomic E-state index is 0.0679. The van der Waals surface area contributed by atoms with E-state index in [2.05, 4.69) is 25.3 Å². The molecule has 3 N–H and O–H groups in total. The van der Waals surface area contributed by atoms with Gasteiger partial charge in [-0.25, -0.2) is 4.79 Å². The summed E-state index contributed by atoms with van der Waals surface area (Å²) in [4.78, 5) is 35.8. The lowest BCUT2D eigenvalue weighted by Gasteiger charge is -2.08. The number of nitrogens with zero attached hydrogens (tertiary/aromatic N) is 2. The highest BCUT2D eigenvalue weighted by Crippen LogP contribution is 2.20. The Hall–Kier alpha value is -3.16. The number of nitrogens with one attached hydrogen (secondary N) is 3. The lowest BCUT2D eigenvalue weighted by Crippen LogP contribution is -2.10. The largest absolute Gasteiger partial charge is 0.471 e. The van der Waals surface area contributed by atoms with Gasteiger partial charge >= 0.3 is 5.69 Å². The minimum Gasteiger partial charge on any atom is -0.471 e. The monoisotopic (exact) mass is 299 g/mol. The van der Waals surface area contributed by atoms with Crippen molar-refractivity contribution in [3.8, 4) is 5.88 Å². The van der Waals surface area contributed by atoms with Crippen LogP contribution in [0.5, 0.6) is 5.88 Å². The predicted octanol–water partition coefficient (Wildman–Crippen LogP) is 1.18. The van der Waals surface area contributed by atoms with Crippen LogP contribution >= 0.6 is 0 Å². The number of rotatable bonds is 4. The predicted molar refractivity (Wildman–Crippen MR) is 79.6 cm³/mol. The molecule has 1 aromatic carbocycles. The summed E-state index contributed by atoms with van der Waals surface area (Å²) in [5.41, 5.74) is 1.16. The van der Waals surface area contributed by atoms with E-state index in [4.69, 9.17) is 4.74 Å². The van der Waals surface area contributed by atoms with E-state index in [1.54, 1.807) is 0 Å². The first kappa shape index (κ1) is 13.8. The number of ether oxygens (including phenoxy) is 1. The molecule has 8 nitrogen and oxygen atoms in total. The van der Waals surface area contributed by atoms with Crippen LogP contribution in [0.25, 0.3) is 11.2 Å². The molecule has 2 aromatic heterocycles. The number of hydrogen-bond donors (Lipinski definition) is 3.